The molecule has 2 rings (SSSR count). The standard InChI is InChI=1S/C17H20FNO/c1-12-4-7-14(10-16(12)18)17(2,19)11-13-5-8-15(20-3)9-6-13/h4-10H,11,19H2,1-3H3. The van der Waals surface area contributed by atoms with Crippen LogP contribution in [-0.2, 0) is 12.0 Å². The summed E-state index contributed by atoms with van der Waals surface area (Å²) in [5.41, 5.74) is 8.28. The van der Waals surface area contributed by atoms with Gasteiger partial charge in [0.15, 0.2) is 0 Å². The van der Waals surface area contributed by atoms with Crippen LogP contribution in [0.5, 0.6) is 5.75 Å². The van der Waals surface area contributed by atoms with Crippen LogP contribution >= 0.6 is 0 Å². The van der Waals surface area contributed by atoms with Gasteiger partial charge >= 0.3 is 0 Å². The molecule has 3 heteroatoms. The third-order valence-corrected chi connectivity index (χ3v) is 3.56. The summed E-state index contributed by atoms with van der Waals surface area (Å²) in [4.78, 5) is 0. The van der Waals surface area contributed by atoms with E-state index in [2.05, 4.69) is 0 Å². The molecule has 0 saturated heterocycles. The molecule has 0 aliphatic heterocycles. The number of hydrogen-bond acceptors (Lipinski definition) is 2. The number of benzene rings is 2. The number of hydrogen-bond donors (Lipinski definition) is 1. The van der Waals surface area contributed by atoms with Crippen LogP contribution < -0.4 is 10.5 Å². The smallest absolute Gasteiger partial charge is 0.126 e. The number of rotatable bonds is 4. The molecule has 0 saturated carbocycles. The average molecular weight is 273 g/mol. The van der Waals surface area contributed by atoms with Crippen molar-refractivity contribution >= 4 is 0 Å². The molecule has 106 valence electrons. The van der Waals surface area contributed by atoms with Gasteiger partial charge in [0.05, 0.1) is 7.11 Å². The van der Waals surface area contributed by atoms with Gasteiger partial charge in [0.2, 0.25) is 0 Å². The highest BCUT2D eigenvalue weighted by Gasteiger charge is 2.22. The Bertz CT molecular complexity index is 590. The van der Waals surface area contributed by atoms with Crippen LogP contribution in [0, 0.1) is 12.7 Å². The zero-order valence-electron chi connectivity index (χ0n) is 12.1. The fraction of sp³-hybridized carbons (Fsp3) is 0.294. The Morgan fingerprint density at radius 2 is 1.80 bits per heavy atom. The highest BCUT2D eigenvalue weighted by Crippen LogP contribution is 2.25. The molecule has 2 N–H and O–H groups in total. The van der Waals surface area contributed by atoms with E-state index in [-0.39, 0.29) is 5.82 Å². The normalized spacial score (nSPS) is 13.8. The first-order chi connectivity index (χ1) is 9.42. The predicted molar refractivity (Wildman–Crippen MR) is 79.4 cm³/mol. The molecule has 0 aromatic heterocycles. The summed E-state index contributed by atoms with van der Waals surface area (Å²) in [6.07, 6.45) is 0.638. The lowest BCUT2D eigenvalue weighted by molar-refractivity contribution is 0.414. The highest BCUT2D eigenvalue weighted by atomic mass is 19.1. The largest absolute Gasteiger partial charge is 0.497 e. The van der Waals surface area contributed by atoms with Gasteiger partial charge < -0.3 is 10.5 Å². The van der Waals surface area contributed by atoms with Gasteiger partial charge in [0.1, 0.15) is 11.6 Å². The van der Waals surface area contributed by atoms with E-state index < -0.39 is 5.54 Å². The first kappa shape index (κ1) is 14.5. The predicted octanol–water partition coefficient (Wildman–Crippen LogP) is 3.56. The van der Waals surface area contributed by atoms with E-state index in [1.807, 2.05) is 37.3 Å². The Balaban J connectivity index is 2.22. The molecule has 0 spiro atoms. The second-order valence-corrected chi connectivity index (χ2v) is 5.41. The van der Waals surface area contributed by atoms with E-state index >= 15 is 0 Å². The molecule has 0 aliphatic rings. The van der Waals surface area contributed by atoms with Gasteiger partial charge in [-0.05, 0) is 55.2 Å². The first-order valence-corrected chi connectivity index (χ1v) is 6.61. The van der Waals surface area contributed by atoms with Gasteiger partial charge in [0.25, 0.3) is 0 Å². The molecule has 0 amide bonds. The topological polar surface area (TPSA) is 35.2 Å². The summed E-state index contributed by atoms with van der Waals surface area (Å²) >= 11 is 0. The third-order valence-electron chi connectivity index (χ3n) is 3.56. The van der Waals surface area contributed by atoms with Crippen molar-refractivity contribution in [2.75, 3.05) is 7.11 Å². The van der Waals surface area contributed by atoms with E-state index in [1.165, 1.54) is 6.07 Å². The summed E-state index contributed by atoms with van der Waals surface area (Å²) in [5.74, 6) is 0.600. The zero-order chi connectivity index (χ0) is 14.8. The van der Waals surface area contributed by atoms with E-state index in [0.717, 1.165) is 16.9 Å². The van der Waals surface area contributed by atoms with Gasteiger partial charge in [-0.15, -0.1) is 0 Å². The molecule has 1 unspecified atom stereocenters. The fourth-order valence-corrected chi connectivity index (χ4v) is 2.22. The van der Waals surface area contributed by atoms with E-state index in [1.54, 1.807) is 20.1 Å². The lowest BCUT2D eigenvalue weighted by atomic mass is 9.86. The van der Waals surface area contributed by atoms with E-state index in [0.29, 0.717) is 12.0 Å². The van der Waals surface area contributed by atoms with Crippen molar-refractivity contribution in [1.29, 1.82) is 0 Å². The summed E-state index contributed by atoms with van der Waals surface area (Å²) in [5, 5.41) is 0. The molecule has 0 bridgehead atoms. The van der Waals surface area contributed by atoms with E-state index in [9.17, 15) is 4.39 Å². The summed E-state index contributed by atoms with van der Waals surface area (Å²) in [7, 11) is 1.64. The summed E-state index contributed by atoms with van der Waals surface area (Å²) in [6.45, 7) is 3.66. The maximum atomic E-state index is 13.7. The number of nitrogens with two attached hydrogens (primary N) is 1. The molecule has 2 nitrogen and oxygen atoms in total. The van der Waals surface area contributed by atoms with Crippen molar-refractivity contribution in [1.82, 2.24) is 0 Å². The molecular weight excluding hydrogens is 253 g/mol. The van der Waals surface area contributed by atoms with Gasteiger partial charge in [-0.3, -0.25) is 0 Å². The second-order valence-electron chi connectivity index (χ2n) is 5.41. The van der Waals surface area contributed by atoms with Crippen LogP contribution in [0.25, 0.3) is 0 Å². The average Bonchev–Trinajstić information content (AvgIpc) is 2.42. The van der Waals surface area contributed by atoms with Crippen LogP contribution in [-0.4, -0.2) is 7.11 Å². The Morgan fingerprint density at radius 1 is 1.15 bits per heavy atom. The van der Waals surface area contributed by atoms with E-state index in [4.69, 9.17) is 10.5 Å². The van der Waals surface area contributed by atoms with Crippen molar-refractivity contribution in [2.45, 2.75) is 25.8 Å². The molecule has 0 aliphatic carbocycles. The fourth-order valence-electron chi connectivity index (χ4n) is 2.22. The molecule has 20 heavy (non-hydrogen) atoms. The van der Waals surface area contributed by atoms with Crippen LogP contribution in [0.15, 0.2) is 42.5 Å². The lowest BCUT2D eigenvalue weighted by Gasteiger charge is -2.26. The van der Waals surface area contributed by atoms with Crippen LogP contribution in [0.4, 0.5) is 4.39 Å². The minimum absolute atomic E-state index is 0.214. The number of methoxy groups -OCH3 is 1. The van der Waals surface area contributed by atoms with Crippen LogP contribution in [0.3, 0.4) is 0 Å². The first-order valence-electron chi connectivity index (χ1n) is 6.61. The zero-order valence-corrected chi connectivity index (χ0v) is 12.1. The minimum Gasteiger partial charge on any atom is -0.497 e. The molecule has 2 aromatic carbocycles. The Hall–Kier alpha value is -1.87. The van der Waals surface area contributed by atoms with Crippen molar-refractivity contribution in [3.05, 3.63) is 65.0 Å². The number of aryl methyl sites for hydroxylation is 1. The summed E-state index contributed by atoms with van der Waals surface area (Å²) < 4.78 is 18.8. The molecule has 1 atom stereocenters. The Labute approximate surface area is 119 Å². The molecule has 2 aromatic rings. The van der Waals surface area contributed by atoms with Gasteiger partial charge in [-0.2, -0.15) is 0 Å². The quantitative estimate of drug-likeness (QED) is 0.924. The van der Waals surface area contributed by atoms with Crippen molar-refractivity contribution in [2.24, 2.45) is 5.73 Å². The third kappa shape index (κ3) is 3.17. The van der Waals surface area contributed by atoms with Crippen molar-refractivity contribution in [3.63, 3.8) is 0 Å². The van der Waals surface area contributed by atoms with Gasteiger partial charge in [0, 0.05) is 5.54 Å². The molecule has 0 fully saturated rings. The van der Waals surface area contributed by atoms with Crippen LogP contribution in [0.1, 0.15) is 23.6 Å². The molecule has 0 radical (unpaired) electrons. The van der Waals surface area contributed by atoms with Gasteiger partial charge in [-0.25, -0.2) is 4.39 Å². The molecule has 0 heterocycles. The van der Waals surface area contributed by atoms with Crippen molar-refractivity contribution < 1.29 is 9.13 Å². The maximum Gasteiger partial charge on any atom is 0.126 e. The highest BCUT2D eigenvalue weighted by molar-refractivity contribution is 5.33. The lowest BCUT2D eigenvalue weighted by Crippen LogP contribution is -2.35. The number of halogens is 1. The minimum atomic E-state index is -0.608. The monoisotopic (exact) mass is 273 g/mol. The Kier molecular flexibility index (Phi) is 4.09. The maximum absolute atomic E-state index is 13.7. The Morgan fingerprint density at radius 3 is 2.35 bits per heavy atom. The van der Waals surface area contributed by atoms with Crippen LogP contribution in [0.2, 0.25) is 0 Å². The number of ether oxygens (including phenoxy) is 1. The second kappa shape index (κ2) is 5.63. The van der Waals surface area contributed by atoms with Crippen molar-refractivity contribution in [3.8, 4) is 5.75 Å². The molecular formula is C17H20FNO. The van der Waals surface area contributed by atoms with Gasteiger partial charge in [-0.1, -0.05) is 24.3 Å². The SMILES string of the molecule is COc1ccc(CC(C)(N)c2ccc(C)c(F)c2)cc1. The summed E-state index contributed by atoms with van der Waals surface area (Å²) in [6, 6.07) is 13.0.